The molecule has 0 radical (unpaired) electrons. The van der Waals surface area contributed by atoms with E-state index in [4.69, 9.17) is 11.6 Å². The fourth-order valence-corrected chi connectivity index (χ4v) is 5.67. The maximum Gasteiger partial charge on any atom is 0.135 e. The Morgan fingerprint density at radius 1 is 1.06 bits per heavy atom. The van der Waals surface area contributed by atoms with Crippen LogP contribution in [0.2, 0.25) is 5.02 Å². The molecule has 1 aliphatic carbocycles. The van der Waals surface area contributed by atoms with E-state index in [1.807, 2.05) is 24.3 Å². The number of nitrogens with zero attached hydrogens (tertiary/aromatic N) is 5. The van der Waals surface area contributed by atoms with Crippen LogP contribution in [0.15, 0.2) is 30.6 Å². The first-order valence-electron chi connectivity index (χ1n) is 11.6. The number of aliphatic hydroxyl groups excluding tert-OH is 2. The first kappa shape index (κ1) is 22.7. The molecule has 1 aromatic heterocycles. The number of anilines is 1. The number of carbonyl (C=O) groups is 1. The average Bonchev–Trinajstić information content (AvgIpc) is 3.10. The third-order valence-corrected chi connectivity index (χ3v) is 7.51. The smallest absolute Gasteiger partial charge is 0.135 e. The summed E-state index contributed by atoms with van der Waals surface area (Å²) in [5.74, 6) is 0.813. The van der Waals surface area contributed by atoms with Crippen LogP contribution in [0.5, 0.6) is 0 Å². The maximum absolute atomic E-state index is 12.3. The van der Waals surface area contributed by atoms with E-state index in [0.29, 0.717) is 24.5 Å². The molecule has 3 aliphatic rings. The van der Waals surface area contributed by atoms with Crippen LogP contribution >= 0.6 is 11.6 Å². The van der Waals surface area contributed by atoms with Crippen LogP contribution in [-0.4, -0.2) is 87.8 Å². The van der Waals surface area contributed by atoms with E-state index < -0.39 is 6.10 Å². The Labute approximate surface area is 198 Å². The molecule has 0 spiro atoms. The fourth-order valence-electron chi connectivity index (χ4n) is 5.55. The van der Waals surface area contributed by atoms with Crippen LogP contribution < -0.4 is 4.90 Å². The number of aliphatic hydroxyl groups is 2. The first-order valence-corrected chi connectivity index (χ1v) is 12.0. The predicted molar refractivity (Wildman–Crippen MR) is 125 cm³/mol. The topological polar surface area (TPSA) is 93.0 Å². The maximum atomic E-state index is 12.3. The SMILES string of the molecule is C[C@@H]1C[C@@H](O)c2ncnc(N3CCN(C(C(C=O)c4ccc(Cl)cc4)N4CC(O)C4)CC3)c21. The van der Waals surface area contributed by atoms with E-state index in [-0.39, 0.29) is 24.1 Å². The predicted octanol–water partition coefficient (Wildman–Crippen LogP) is 1.78. The number of rotatable bonds is 6. The van der Waals surface area contributed by atoms with Gasteiger partial charge in [-0.25, -0.2) is 9.97 Å². The van der Waals surface area contributed by atoms with Crippen LogP contribution in [0.25, 0.3) is 0 Å². The fraction of sp³-hybridized carbons (Fsp3) is 0.542. The lowest BCUT2D eigenvalue weighted by atomic mass is 9.92. The summed E-state index contributed by atoms with van der Waals surface area (Å²) in [5, 5.41) is 20.9. The Balaban J connectivity index is 1.36. The molecule has 2 fully saturated rings. The largest absolute Gasteiger partial charge is 0.390 e. The molecule has 5 rings (SSSR count). The van der Waals surface area contributed by atoms with Gasteiger partial charge in [0, 0.05) is 49.9 Å². The molecule has 0 amide bonds. The number of hydrogen-bond acceptors (Lipinski definition) is 8. The Morgan fingerprint density at radius 3 is 2.39 bits per heavy atom. The monoisotopic (exact) mass is 471 g/mol. The van der Waals surface area contributed by atoms with Crippen LogP contribution in [-0.2, 0) is 4.79 Å². The number of fused-ring (bicyclic) bond motifs is 1. The summed E-state index contributed by atoms with van der Waals surface area (Å²) in [5.41, 5.74) is 2.75. The van der Waals surface area contributed by atoms with Crippen molar-refractivity contribution in [3.63, 3.8) is 0 Å². The van der Waals surface area contributed by atoms with Gasteiger partial charge < -0.3 is 19.9 Å². The lowest BCUT2D eigenvalue weighted by molar-refractivity contribution is -0.120. The first-order chi connectivity index (χ1) is 16.0. The minimum atomic E-state index is -0.520. The summed E-state index contributed by atoms with van der Waals surface area (Å²) >= 11 is 6.07. The zero-order chi connectivity index (χ0) is 23.1. The number of hydrogen-bond donors (Lipinski definition) is 2. The van der Waals surface area contributed by atoms with Gasteiger partial charge in [-0.15, -0.1) is 0 Å². The third-order valence-electron chi connectivity index (χ3n) is 7.25. The number of aromatic nitrogens is 2. The molecule has 1 aromatic carbocycles. The van der Waals surface area contributed by atoms with Crippen molar-refractivity contribution in [2.24, 2.45) is 0 Å². The van der Waals surface area contributed by atoms with E-state index in [1.165, 1.54) is 0 Å². The second-order valence-corrected chi connectivity index (χ2v) is 9.84. The number of aldehydes is 1. The minimum absolute atomic E-state index is 0.119. The highest BCUT2D eigenvalue weighted by Crippen LogP contribution is 2.43. The van der Waals surface area contributed by atoms with Crippen molar-refractivity contribution in [3.05, 3.63) is 52.4 Å². The van der Waals surface area contributed by atoms with Gasteiger partial charge in [0.25, 0.3) is 0 Å². The van der Waals surface area contributed by atoms with Crippen LogP contribution in [0.3, 0.4) is 0 Å². The van der Waals surface area contributed by atoms with Crippen molar-refractivity contribution < 1.29 is 15.0 Å². The Bertz CT molecular complexity index is 992. The molecule has 2 unspecified atom stereocenters. The van der Waals surface area contributed by atoms with Gasteiger partial charge in [-0.05, 0) is 30.0 Å². The van der Waals surface area contributed by atoms with Gasteiger partial charge in [-0.2, -0.15) is 0 Å². The quantitative estimate of drug-likeness (QED) is 0.616. The van der Waals surface area contributed by atoms with E-state index >= 15 is 0 Å². The number of halogens is 1. The van der Waals surface area contributed by atoms with Gasteiger partial charge in [0.05, 0.1) is 30.0 Å². The van der Waals surface area contributed by atoms with Gasteiger partial charge in [0.1, 0.15) is 18.4 Å². The molecule has 2 aliphatic heterocycles. The zero-order valence-corrected chi connectivity index (χ0v) is 19.5. The van der Waals surface area contributed by atoms with Crippen molar-refractivity contribution in [3.8, 4) is 0 Å². The Hall–Kier alpha value is -2.10. The molecule has 0 saturated carbocycles. The van der Waals surface area contributed by atoms with Crippen LogP contribution in [0.4, 0.5) is 5.82 Å². The highest BCUT2D eigenvalue weighted by atomic mass is 35.5. The molecule has 33 heavy (non-hydrogen) atoms. The van der Waals surface area contributed by atoms with E-state index in [9.17, 15) is 15.0 Å². The molecule has 2 saturated heterocycles. The highest BCUT2D eigenvalue weighted by molar-refractivity contribution is 6.30. The van der Waals surface area contributed by atoms with Gasteiger partial charge in [-0.1, -0.05) is 30.7 Å². The molecule has 2 N–H and O–H groups in total. The lowest BCUT2D eigenvalue weighted by Crippen LogP contribution is -2.65. The van der Waals surface area contributed by atoms with Gasteiger partial charge in [0.15, 0.2) is 0 Å². The molecule has 8 nitrogen and oxygen atoms in total. The molecule has 0 bridgehead atoms. The summed E-state index contributed by atoms with van der Waals surface area (Å²) in [6.07, 6.45) is 2.27. The van der Waals surface area contributed by atoms with Gasteiger partial charge in [-0.3, -0.25) is 9.80 Å². The summed E-state index contributed by atoms with van der Waals surface area (Å²) in [7, 11) is 0. The average molecular weight is 472 g/mol. The van der Waals surface area contributed by atoms with E-state index in [1.54, 1.807) is 6.33 Å². The summed E-state index contributed by atoms with van der Waals surface area (Å²) < 4.78 is 0. The van der Waals surface area contributed by atoms with Crippen molar-refractivity contribution in [1.82, 2.24) is 19.8 Å². The molecular weight excluding hydrogens is 442 g/mol. The molecule has 2 aromatic rings. The standard InChI is InChI=1S/C24H30ClN5O3/c1-15-10-20(33)22-21(15)23(27-14-26-22)28-6-8-29(9-7-28)24(30-11-18(32)12-30)19(13-31)16-2-4-17(25)5-3-16/h2-5,13-15,18-20,24,32-33H,6-12H2,1H3/t15-,19?,20-,24?/m1/s1. The second-order valence-electron chi connectivity index (χ2n) is 9.41. The summed E-state index contributed by atoms with van der Waals surface area (Å²) in [6, 6.07) is 7.47. The van der Waals surface area contributed by atoms with Crippen molar-refractivity contribution in [2.45, 2.75) is 43.6 Å². The van der Waals surface area contributed by atoms with Crippen molar-refractivity contribution in [2.75, 3.05) is 44.2 Å². The Kier molecular flexibility index (Phi) is 6.37. The Morgan fingerprint density at radius 2 is 1.76 bits per heavy atom. The molecule has 3 heterocycles. The number of benzene rings is 1. The molecule has 4 atom stereocenters. The van der Waals surface area contributed by atoms with Gasteiger partial charge >= 0.3 is 0 Å². The second kappa shape index (κ2) is 9.27. The summed E-state index contributed by atoms with van der Waals surface area (Å²) in [4.78, 5) is 28.0. The van der Waals surface area contributed by atoms with Crippen molar-refractivity contribution >= 4 is 23.7 Å². The number of carbonyl (C=O) groups excluding carboxylic acids is 1. The molecule has 176 valence electrons. The van der Waals surface area contributed by atoms with Crippen LogP contribution in [0.1, 0.15) is 48.1 Å². The normalized spacial score (nSPS) is 26.0. The van der Waals surface area contributed by atoms with Crippen molar-refractivity contribution in [1.29, 1.82) is 0 Å². The minimum Gasteiger partial charge on any atom is -0.390 e. The summed E-state index contributed by atoms with van der Waals surface area (Å²) in [6.45, 7) is 6.33. The number of likely N-dealkylation sites (tertiary alicyclic amines) is 1. The molecular formula is C24H30ClN5O3. The molecule has 9 heteroatoms. The highest BCUT2D eigenvalue weighted by Gasteiger charge is 2.41. The number of β-amino-alcohol motifs (C(OH)–C–C–N with tert-alkyl or cyclic N) is 1. The van der Waals surface area contributed by atoms with Gasteiger partial charge in [0.2, 0.25) is 0 Å². The third kappa shape index (κ3) is 4.26. The van der Waals surface area contributed by atoms with E-state index in [0.717, 1.165) is 55.1 Å². The number of piperazine rings is 1. The van der Waals surface area contributed by atoms with E-state index in [2.05, 4.69) is 31.6 Å². The lowest BCUT2D eigenvalue weighted by Gasteiger charge is -2.50. The zero-order valence-electron chi connectivity index (χ0n) is 18.7. The van der Waals surface area contributed by atoms with Crippen LogP contribution in [0, 0.1) is 0 Å².